The van der Waals surface area contributed by atoms with E-state index in [1.807, 2.05) is 6.92 Å². The molecule has 0 unspecified atom stereocenters. The van der Waals surface area contributed by atoms with Crippen LogP contribution in [0.2, 0.25) is 0 Å². The van der Waals surface area contributed by atoms with Crippen LogP contribution in [0.15, 0.2) is 16.6 Å². The predicted molar refractivity (Wildman–Crippen MR) is 171 cm³/mol. The number of nitrogens with one attached hydrogen (secondary N) is 2. The number of aryl methyl sites for hydroxylation is 3. The second kappa shape index (κ2) is 10.6. The first-order valence-corrected chi connectivity index (χ1v) is 15.6. The van der Waals surface area contributed by atoms with E-state index >= 15 is 0 Å². The van der Waals surface area contributed by atoms with Crippen molar-refractivity contribution in [3.05, 3.63) is 67.2 Å². The quantitative estimate of drug-likeness (QED) is 0.277. The number of nitrogens with zero attached hydrogens (tertiary/aromatic N) is 2. The van der Waals surface area contributed by atoms with Crippen molar-refractivity contribution in [2.24, 2.45) is 0 Å². The van der Waals surface area contributed by atoms with Gasteiger partial charge in [-0.25, -0.2) is 4.98 Å². The van der Waals surface area contributed by atoms with Gasteiger partial charge in [0.2, 0.25) is 0 Å². The van der Waals surface area contributed by atoms with E-state index in [9.17, 15) is 9.59 Å². The number of aromatic amines is 2. The van der Waals surface area contributed by atoms with Gasteiger partial charge in [0.05, 0.1) is 45.4 Å². The van der Waals surface area contributed by atoms with E-state index in [1.54, 1.807) is 0 Å². The first kappa shape index (κ1) is 28.6. The van der Waals surface area contributed by atoms with E-state index in [0.717, 1.165) is 78.8 Å². The Morgan fingerprint density at radius 2 is 1.71 bits per heavy atom. The zero-order valence-corrected chi connectivity index (χ0v) is 26.9. The zero-order valence-electron chi connectivity index (χ0n) is 25.3. The molecule has 3 aromatic rings. The highest BCUT2D eigenvalue weighted by molar-refractivity contribution is 9.10. The Balaban J connectivity index is 1.77. The van der Waals surface area contributed by atoms with Gasteiger partial charge in [0.25, 0.3) is 0 Å². The van der Waals surface area contributed by atoms with Crippen molar-refractivity contribution in [1.82, 2.24) is 19.9 Å². The minimum absolute atomic E-state index is 0.0249. The number of ether oxygens (including phenoxy) is 1. The van der Waals surface area contributed by atoms with Crippen LogP contribution < -0.4 is 0 Å². The summed E-state index contributed by atoms with van der Waals surface area (Å²) >= 11 is 3.95. The molecule has 2 aliphatic heterocycles. The van der Waals surface area contributed by atoms with Crippen LogP contribution in [0.5, 0.6) is 0 Å². The van der Waals surface area contributed by atoms with Crippen LogP contribution in [0.25, 0.3) is 33.2 Å². The molecule has 0 amide bonds. The maximum absolute atomic E-state index is 13.5. The number of ketones is 1. The summed E-state index contributed by atoms with van der Waals surface area (Å²) in [5.41, 5.74) is 14.9. The average molecular weight is 630 g/mol. The van der Waals surface area contributed by atoms with Gasteiger partial charge in [-0.1, -0.05) is 20.8 Å². The summed E-state index contributed by atoms with van der Waals surface area (Å²) in [5.74, 6) is -0.153. The van der Waals surface area contributed by atoms with Crippen molar-refractivity contribution >= 4 is 60.9 Å². The van der Waals surface area contributed by atoms with Crippen LogP contribution in [0.3, 0.4) is 0 Å². The molecule has 8 heteroatoms. The number of fused-ring (bicyclic) bond motifs is 8. The Kier molecular flexibility index (Phi) is 7.24. The van der Waals surface area contributed by atoms with E-state index in [1.165, 1.54) is 29.4 Å². The lowest BCUT2D eigenvalue weighted by Crippen LogP contribution is -2.09. The van der Waals surface area contributed by atoms with Gasteiger partial charge in [-0.15, -0.1) is 0 Å². The third-order valence-corrected chi connectivity index (χ3v) is 10.3. The molecule has 218 valence electrons. The predicted octanol–water partition coefficient (Wildman–Crippen LogP) is 8.18. The number of carbonyl (C=O) groups is 2. The molecule has 3 aliphatic rings. The molecular weight excluding hydrogens is 592 g/mol. The highest BCUT2D eigenvalue weighted by Gasteiger charge is 2.37. The van der Waals surface area contributed by atoms with Crippen LogP contribution in [-0.4, -0.2) is 38.8 Å². The fourth-order valence-corrected chi connectivity index (χ4v) is 7.97. The number of esters is 1. The van der Waals surface area contributed by atoms with Crippen molar-refractivity contribution in [3.63, 3.8) is 0 Å². The molecule has 42 heavy (non-hydrogen) atoms. The number of aromatic nitrogens is 4. The summed E-state index contributed by atoms with van der Waals surface area (Å²) in [6.07, 6.45) is 2.91. The molecule has 6 rings (SSSR count). The monoisotopic (exact) mass is 628 g/mol. The van der Waals surface area contributed by atoms with Gasteiger partial charge in [0.15, 0.2) is 5.78 Å². The highest BCUT2D eigenvalue weighted by atomic mass is 79.9. The van der Waals surface area contributed by atoms with Gasteiger partial charge in [0.1, 0.15) is 0 Å². The van der Waals surface area contributed by atoms with Crippen LogP contribution in [0.1, 0.15) is 114 Å². The van der Waals surface area contributed by atoms with Gasteiger partial charge in [0, 0.05) is 46.8 Å². The van der Waals surface area contributed by atoms with E-state index in [4.69, 9.17) is 14.7 Å². The maximum atomic E-state index is 13.5. The van der Waals surface area contributed by atoms with E-state index in [2.05, 4.69) is 72.6 Å². The molecule has 0 spiro atoms. The van der Waals surface area contributed by atoms with Crippen LogP contribution >= 0.6 is 15.9 Å². The summed E-state index contributed by atoms with van der Waals surface area (Å²) in [6.45, 7) is 12.8. The van der Waals surface area contributed by atoms with Gasteiger partial charge in [-0.2, -0.15) is 0 Å². The molecule has 0 fully saturated rings. The second-order valence-corrected chi connectivity index (χ2v) is 12.5. The van der Waals surface area contributed by atoms with Crippen LogP contribution in [-0.2, 0) is 22.4 Å². The molecule has 5 heterocycles. The molecule has 0 radical (unpaired) electrons. The number of allylic oxidation sites excluding steroid dienone is 2. The molecule has 2 atom stereocenters. The van der Waals surface area contributed by atoms with Crippen molar-refractivity contribution in [3.8, 4) is 0 Å². The van der Waals surface area contributed by atoms with Gasteiger partial charge >= 0.3 is 5.97 Å². The summed E-state index contributed by atoms with van der Waals surface area (Å²) < 4.78 is 5.90. The number of methoxy groups -OCH3 is 1. The Morgan fingerprint density at radius 3 is 2.40 bits per heavy atom. The van der Waals surface area contributed by atoms with E-state index < -0.39 is 0 Å². The largest absolute Gasteiger partial charge is 0.469 e. The summed E-state index contributed by atoms with van der Waals surface area (Å²) in [7, 11) is 1.42. The molecule has 3 aromatic heterocycles. The fraction of sp³-hybridized carbons (Fsp3) is 0.412. The standard InChI is InChI=1S/C34H37BrN4O3/c1-8-19-15(3)23-13-26-20(9-2)16(4)31(38-26)30(35)32-17(5)21(10-11-28(41)42-7)33(39-32)22-12-27(40)29-18(6)24(37-34(22)29)14-25(19)36-23/h13-14,17,21,37-38H,8-12H2,1-7H3/t17-,21-/m0/s1. The third-order valence-electron chi connectivity index (χ3n) is 9.54. The normalized spacial score (nSPS) is 17.9. The van der Waals surface area contributed by atoms with Gasteiger partial charge in [-0.05, 0) is 95.9 Å². The number of hydrogen-bond donors (Lipinski definition) is 2. The van der Waals surface area contributed by atoms with Gasteiger partial charge < -0.3 is 14.7 Å². The molecule has 7 nitrogen and oxygen atoms in total. The average Bonchev–Trinajstić information content (AvgIpc) is 3.72. The molecular formula is C34H37BrN4O3. The lowest BCUT2D eigenvalue weighted by Gasteiger charge is -2.17. The Bertz CT molecular complexity index is 1880. The van der Waals surface area contributed by atoms with Gasteiger partial charge in [-0.3, -0.25) is 14.6 Å². The number of Topliss-reactive ketones (excluding diaryl/α,β-unsaturated/α-hetero) is 1. The number of halogens is 1. The molecule has 0 aromatic carbocycles. The second-order valence-electron chi connectivity index (χ2n) is 11.7. The first-order valence-electron chi connectivity index (χ1n) is 14.8. The van der Waals surface area contributed by atoms with E-state index in [0.29, 0.717) is 12.8 Å². The lowest BCUT2D eigenvalue weighted by atomic mass is 9.85. The number of rotatable bonds is 5. The lowest BCUT2D eigenvalue weighted by molar-refractivity contribution is -0.140. The molecule has 8 bridgehead atoms. The maximum Gasteiger partial charge on any atom is 0.305 e. The minimum Gasteiger partial charge on any atom is -0.469 e. The fourth-order valence-electron chi connectivity index (χ4n) is 7.12. The van der Waals surface area contributed by atoms with Crippen LogP contribution in [0, 0.1) is 13.8 Å². The molecule has 0 saturated heterocycles. The minimum atomic E-state index is -0.242. The molecule has 0 saturated carbocycles. The first-order chi connectivity index (χ1) is 20.1. The van der Waals surface area contributed by atoms with E-state index in [-0.39, 0.29) is 30.0 Å². The third kappa shape index (κ3) is 4.29. The van der Waals surface area contributed by atoms with Crippen molar-refractivity contribution < 1.29 is 14.3 Å². The smallest absolute Gasteiger partial charge is 0.305 e. The Hall–Kier alpha value is -3.52. The highest BCUT2D eigenvalue weighted by Crippen LogP contribution is 2.46. The summed E-state index contributed by atoms with van der Waals surface area (Å²) in [4.78, 5) is 43.4. The molecule has 1 aliphatic carbocycles. The SMILES string of the molecule is CCC1=C(C)c2cc3[nH]c(c(C)c3CC)c(Br)c3nc(c4c5[nH]c(cc1n2)c(C)c5C(=O)C4)[C@@H](CCC(=O)OC)[C@@H]3C. The van der Waals surface area contributed by atoms with Crippen molar-refractivity contribution in [1.29, 1.82) is 0 Å². The summed E-state index contributed by atoms with van der Waals surface area (Å²) in [5, 5.41) is 0. The number of hydrogen-bond acceptors (Lipinski definition) is 5. The topological polar surface area (TPSA) is 101 Å². The summed E-state index contributed by atoms with van der Waals surface area (Å²) in [6, 6.07) is 4.26. The molecule has 2 N–H and O–H groups in total. The Morgan fingerprint density at radius 1 is 1.00 bits per heavy atom. The Labute approximate surface area is 254 Å². The van der Waals surface area contributed by atoms with Crippen LogP contribution in [0.4, 0.5) is 0 Å². The van der Waals surface area contributed by atoms with Crippen molar-refractivity contribution in [2.75, 3.05) is 7.11 Å². The van der Waals surface area contributed by atoms with Crippen molar-refractivity contribution in [2.45, 2.75) is 85.5 Å². The number of H-pyrrole nitrogens is 2. The zero-order chi connectivity index (χ0) is 30.0. The number of carbonyl (C=O) groups excluding carboxylic acids is 2.